The van der Waals surface area contributed by atoms with Gasteiger partial charge < -0.3 is 9.73 Å². The molecule has 0 atom stereocenters. The summed E-state index contributed by atoms with van der Waals surface area (Å²) in [6.07, 6.45) is 1.79. The molecule has 0 radical (unpaired) electrons. The number of sulfonamides is 1. The molecule has 17 heavy (non-hydrogen) atoms. The number of rotatable bonds is 4. The van der Waals surface area contributed by atoms with Crippen molar-refractivity contribution in [1.29, 1.82) is 0 Å². The van der Waals surface area contributed by atoms with Gasteiger partial charge in [0, 0.05) is 19.3 Å². The fourth-order valence-electron chi connectivity index (χ4n) is 1.29. The molecular weight excluding hydrogens is 244 g/mol. The SMILES string of the molecule is Cn1ccc(NCc2ccc(S(N)(=O)=O)o2)n1. The van der Waals surface area contributed by atoms with Gasteiger partial charge in [-0.25, -0.2) is 13.6 Å². The number of hydrogen-bond donors (Lipinski definition) is 2. The normalized spacial score (nSPS) is 11.6. The zero-order valence-corrected chi connectivity index (χ0v) is 9.94. The van der Waals surface area contributed by atoms with Crippen LogP contribution >= 0.6 is 0 Å². The van der Waals surface area contributed by atoms with Crippen molar-refractivity contribution >= 4 is 15.8 Å². The molecule has 8 heteroatoms. The highest BCUT2D eigenvalue weighted by atomic mass is 32.2. The van der Waals surface area contributed by atoms with Crippen LogP contribution in [0.1, 0.15) is 5.76 Å². The van der Waals surface area contributed by atoms with E-state index >= 15 is 0 Å². The van der Waals surface area contributed by atoms with Gasteiger partial charge in [0.15, 0.2) is 0 Å². The van der Waals surface area contributed by atoms with Crippen molar-refractivity contribution in [1.82, 2.24) is 9.78 Å². The first-order valence-electron chi connectivity index (χ1n) is 4.80. The Kier molecular flexibility index (Phi) is 2.90. The lowest BCUT2D eigenvalue weighted by atomic mass is 10.4. The summed E-state index contributed by atoms with van der Waals surface area (Å²) in [4.78, 5) is 0. The molecule has 0 aliphatic carbocycles. The van der Waals surface area contributed by atoms with E-state index in [-0.39, 0.29) is 5.09 Å². The molecule has 0 saturated heterocycles. The van der Waals surface area contributed by atoms with Crippen LogP contribution < -0.4 is 10.5 Å². The number of anilines is 1. The number of nitrogens with zero attached hydrogens (tertiary/aromatic N) is 2. The lowest BCUT2D eigenvalue weighted by Crippen LogP contribution is -2.10. The van der Waals surface area contributed by atoms with E-state index < -0.39 is 10.0 Å². The summed E-state index contributed by atoms with van der Waals surface area (Å²) in [5.41, 5.74) is 0. The molecule has 2 heterocycles. The van der Waals surface area contributed by atoms with E-state index in [0.29, 0.717) is 18.1 Å². The van der Waals surface area contributed by atoms with Crippen molar-refractivity contribution in [2.45, 2.75) is 11.6 Å². The van der Waals surface area contributed by atoms with Gasteiger partial charge in [0.2, 0.25) is 5.09 Å². The smallest absolute Gasteiger partial charge is 0.271 e. The van der Waals surface area contributed by atoms with Crippen molar-refractivity contribution in [2.75, 3.05) is 5.32 Å². The first-order chi connectivity index (χ1) is 7.95. The molecule has 92 valence electrons. The monoisotopic (exact) mass is 256 g/mol. The topological polar surface area (TPSA) is 103 Å². The predicted molar refractivity (Wildman–Crippen MR) is 60.6 cm³/mol. The molecule has 0 saturated carbocycles. The van der Waals surface area contributed by atoms with Crippen LogP contribution in [-0.2, 0) is 23.6 Å². The fraction of sp³-hybridized carbons (Fsp3) is 0.222. The number of nitrogens with one attached hydrogen (secondary N) is 1. The van der Waals surface area contributed by atoms with Crippen LogP contribution in [0.3, 0.4) is 0 Å². The highest BCUT2D eigenvalue weighted by molar-refractivity contribution is 7.89. The van der Waals surface area contributed by atoms with Crippen molar-refractivity contribution in [3.8, 4) is 0 Å². The average Bonchev–Trinajstić information content (AvgIpc) is 2.82. The lowest BCUT2D eigenvalue weighted by Gasteiger charge is -1.99. The molecule has 0 spiro atoms. The zero-order chi connectivity index (χ0) is 12.5. The molecule has 0 fully saturated rings. The fourth-order valence-corrected chi connectivity index (χ4v) is 1.77. The average molecular weight is 256 g/mol. The molecular formula is C9H12N4O3S. The van der Waals surface area contributed by atoms with Gasteiger partial charge in [-0.15, -0.1) is 0 Å². The van der Waals surface area contributed by atoms with E-state index in [9.17, 15) is 8.42 Å². The van der Waals surface area contributed by atoms with Gasteiger partial charge in [-0.05, 0) is 12.1 Å². The van der Waals surface area contributed by atoms with E-state index in [1.54, 1.807) is 30.1 Å². The molecule has 2 aromatic rings. The van der Waals surface area contributed by atoms with Gasteiger partial charge >= 0.3 is 0 Å². The predicted octanol–water partition coefficient (Wildman–Crippen LogP) is 0.273. The van der Waals surface area contributed by atoms with Crippen molar-refractivity contribution in [3.63, 3.8) is 0 Å². The Hall–Kier alpha value is -1.80. The van der Waals surface area contributed by atoms with Gasteiger partial charge in [-0.2, -0.15) is 5.10 Å². The standard InChI is InChI=1S/C9H12N4O3S/c1-13-5-4-8(12-13)11-6-7-2-3-9(16-7)17(10,14)15/h2-5H,6H2,1H3,(H,11,12)(H2,10,14,15). The molecule has 0 unspecified atom stereocenters. The van der Waals surface area contributed by atoms with Crippen LogP contribution in [0.2, 0.25) is 0 Å². The molecule has 0 aliphatic rings. The summed E-state index contributed by atoms with van der Waals surface area (Å²) < 4.78 is 28.7. The third-order valence-corrected chi connectivity index (χ3v) is 2.86. The first-order valence-corrected chi connectivity index (χ1v) is 6.35. The Bertz CT molecular complexity index is 614. The van der Waals surface area contributed by atoms with E-state index in [1.807, 2.05) is 0 Å². The Morgan fingerprint density at radius 1 is 1.47 bits per heavy atom. The highest BCUT2D eigenvalue weighted by Gasteiger charge is 2.12. The molecule has 3 N–H and O–H groups in total. The quantitative estimate of drug-likeness (QED) is 0.817. The largest absolute Gasteiger partial charge is 0.446 e. The summed E-state index contributed by atoms with van der Waals surface area (Å²) in [6, 6.07) is 4.67. The molecule has 7 nitrogen and oxygen atoms in total. The molecule has 0 aliphatic heterocycles. The third-order valence-electron chi connectivity index (χ3n) is 2.07. The van der Waals surface area contributed by atoms with E-state index in [2.05, 4.69) is 10.4 Å². The zero-order valence-electron chi connectivity index (χ0n) is 9.12. The molecule has 0 bridgehead atoms. The Morgan fingerprint density at radius 2 is 2.24 bits per heavy atom. The summed E-state index contributed by atoms with van der Waals surface area (Å²) in [6.45, 7) is 0.340. The second-order valence-corrected chi connectivity index (χ2v) is 4.99. The number of hydrogen-bond acceptors (Lipinski definition) is 5. The molecule has 0 amide bonds. The number of aryl methyl sites for hydroxylation is 1. The van der Waals surface area contributed by atoms with E-state index in [1.165, 1.54) is 6.07 Å². The number of aromatic nitrogens is 2. The van der Waals surface area contributed by atoms with Crippen molar-refractivity contribution in [3.05, 3.63) is 30.2 Å². The number of furan rings is 1. The summed E-state index contributed by atoms with van der Waals surface area (Å²) >= 11 is 0. The Morgan fingerprint density at radius 3 is 2.76 bits per heavy atom. The second kappa shape index (κ2) is 4.22. The van der Waals surface area contributed by atoms with Crippen LogP contribution in [0, 0.1) is 0 Å². The van der Waals surface area contributed by atoms with Crippen LogP contribution in [0.5, 0.6) is 0 Å². The second-order valence-electron chi connectivity index (χ2n) is 3.49. The third kappa shape index (κ3) is 2.86. The van der Waals surface area contributed by atoms with Crippen LogP contribution in [0.15, 0.2) is 33.9 Å². The Balaban J connectivity index is 2.03. The van der Waals surface area contributed by atoms with Crippen molar-refractivity contribution in [2.24, 2.45) is 12.2 Å². The van der Waals surface area contributed by atoms with Gasteiger partial charge in [0.1, 0.15) is 11.6 Å². The molecule has 2 rings (SSSR count). The van der Waals surface area contributed by atoms with Crippen molar-refractivity contribution < 1.29 is 12.8 Å². The molecule has 0 aromatic carbocycles. The van der Waals surface area contributed by atoms with Gasteiger partial charge in [-0.3, -0.25) is 4.68 Å². The molecule has 2 aromatic heterocycles. The first kappa shape index (κ1) is 11.7. The summed E-state index contributed by atoms with van der Waals surface area (Å²) in [5, 5.41) is 11.8. The van der Waals surface area contributed by atoms with E-state index in [0.717, 1.165) is 0 Å². The van der Waals surface area contributed by atoms with Gasteiger partial charge in [0.25, 0.3) is 10.0 Å². The Labute approximate surface area is 98.3 Å². The maximum absolute atomic E-state index is 11.0. The minimum Gasteiger partial charge on any atom is -0.446 e. The minimum absolute atomic E-state index is 0.240. The van der Waals surface area contributed by atoms with Gasteiger partial charge in [-0.1, -0.05) is 0 Å². The number of nitrogens with two attached hydrogens (primary N) is 1. The summed E-state index contributed by atoms with van der Waals surface area (Å²) in [5.74, 6) is 1.15. The van der Waals surface area contributed by atoms with Gasteiger partial charge in [0.05, 0.1) is 6.54 Å². The highest BCUT2D eigenvalue weighted by Crippen LogP contribution is 2.13. The maximum atomic E-state index is 11.0. The van der Waals surface area contributed by atoms with E-state index in [4.69, 9.17) is 9.56 Å². The van der Waals surface area contributed by atoms with Crippen LogP contribution in [0.4, 0.5) is 5.82 Å². The number of primary sulfonamides is 1. The summed E-state index contributed by atoms with van der Waals surface area (Å²) in [7, 11) is -1.97. The van der Waals surface area contributed by atoms with Crippen LogP contribution in [0.25, 0.3) is 0 Å². The minimum atomic E-state index is -3.78. The lowest BCUT2D eigenvalue weighted by molar-refractivity contribution is 0.419. The maximum Gasteiger partial charge on any atom is 0.271 e. The van der Waals surface area contributed by atoms with Crippen LogP contribution in [-0.4, -0.2) is 18.2 Å².